The van der Waals surface area contributed by atoms with Crippen molar-refractivity contribution in [1.29, 1.82) is 5.41 Å². The highest BCUT2D eigenvalue weighted by atomic mass is 32.1. The Morgan fingerprint density at radius 3 is 2.34 bits per heavy atom. The van der Waals surface area contributed by atoms with E-state index in [-0.39, 0.29) is 42.4 Å². The molecular weight excluding hydrogens is 442 g/mol. The molecule has 7 N–H and O–H groups in total. The average Bonchev–Trinajstić information content (AvgIpc) is 3.19. The van der Waals surface area contributed by atoms with E-state index >= 15 is 0 Å². The van der Waals surface area contributed by atoms with Crippen LogP contribution in [0.2, 0.25) is 0 Å². The SMILES string of the molecule is N=C(N)c1ccc(OC(=O)c2ccc(CC(S)C(=O)N[C@H](CCC(O)O)C(=O)O)o2)cc1. The van der Waals surface area contributed by atoms with E-state index in [1.807, 2.05) is 0 Å². The summed E-state index contributed by atoms with van der Waals surface area (Å²) in [6, 6.07) is 7.51. The molecule has 0 radical (unpaired) electrons. The third-order valence-electron chi connectivity index (χ3n) is 4.26. The number of rotatable bonds is 11. The molecule has 32 heavy (non-hydrogen) atoms. The van der Waals surface area contributed by atoms with E-state index in [1.54, 1.807) is 0 Å². The molecule has 0 aliphatic heterocycles. The maximum absolute atomic E-state index is 12.2. The van der Waals surface area contributed by atoms with Crippen LogP contribution >= 0.6 is 12.6 Å². The number of carboxylic acids is 1. The molecule has 1 heterocycles. The molecule has 12 heteroatoms. The van der Waals surface area contributed by atoms with Crippen molar-refractivity contribution in [3.8, 4) is 5.75 Å². The van der Waals surface area contributed by atoms with Gasteiger partial charge in [-0.05, 0) is 42.8 Å². The Labute approximate surface area is 188 Å². The molecule has 0 saturated carbocycles. The van der Waals surface area contributed by atoms with Crippen LogP contribution in [-0.2, 0) is 16.0 Å². The van der Waals surface area contributed by atoms with Crippen LogP contribution in [0.25, 0.3) is 0 Å². The van der Waals surface area contributed by atoms with Gasteiger partial charge in [0.25, 0.3) is 0 Å². The van der Waals surface area contributed by atoms with Gasteiger partial charge in [0, 0.05) is 18.4 Å². The van der Waals surface area contributed by atoms with Crippen molar-refractivity contribution in [1.82, 2.24) is 5.32 Å². The molecule has 2 rings (SSSR count). The number of amidine groups is 1. The summed E-state index contributed by atoms with van der Waals surface area (Å²) in [5, 5.41) is 35.5. The second-order valence-corrected chi connectivity index (χ2v) is 7.39. The van der Waals surface area contributed by atoms with Gasteiger partial charge in [-0.25, -0.2) is 9.59 Å². The van der Waals surface area contributed by atoms with Crippen molar-refractivity contribution in [2.24, 2.45) is 5.73 Å². The first-order valence-electron chi connectivity index (χ1n) is 9.39. The summed E-state index contributed by atoms with van der Waals surface area (Å²) >= 11 is 4.15. The van der Waals surface area contributed by atoms with Gasteiger partial charge in [0.15, 0.2) is 6.29 Å². The Bertz CT molecular complexity index is 973. The zero-order valence-corrected chi connectivity index (χ0v) is 17.6. The van der Waals surface area contributed by atoms with Gasteiger partial charge in [0.1, 0.15) is 23.4 Å². The third-order valence-corrected chi connectivity index (χ3v) is 4.68. The number of hydrogen-bond acceptors (Lipinski definition) is 9. The second-order valence-electron chi connectivity index (χ2n) is 6.77. The van der Waals surface area contributed by atoms with E-state index in [9.17, 15) is 14.4 Å². The number of nitrogens with two attached hydrogens (primary N) is 1. The zero-order valence-electron chi connectivity index (χ0n) is 16.7. The Hall–Kier alpha value is -3.35. The molecule has 0 spiro atoms. The number of thiol groups is 1. The maximum Gasteiger partial charge on any atom is 0.379 e. The van der Waals surface area contributed by atoms with Gasteiger partial charge in [-0.1, -0.05) is 0 Å². The monoisotopic (exact) mass is 465 g/mol. The van der Waals surface area contributed by atoms with Gasteiger partial charge < -0.3 is 35.5 Å². The number of carbonyl (C=O) groups excluding carboxylic acids is 2. The van der Waals surface area contributed by atoms with Crippen LogP contribution in [0, 0.1) is 5.41 Å². The van der Waals surface area contributed by atoms with Gasteiger partial charge in [-0.15, -0.1) is 0 Å². The van der Waals surface area contributed by atoms with Crippen LogP contribution in [-0.4, -0.2) is 56.6 Å². The highest BCUT2D eigenvalue weighted by molar-refractivity contribution is 7.81. The number of benzene rings is 1. The van der Waals surface area contributed by atoms with Crippen molar-refractivity contribution >= 4 is 36.3 Å². The van der Waals surface area contributed by atoms with Crippen molar-refractivity contribution in [2.75, 3.05) is 0 Å². The first-order chi connectivity index (χ1) is 15.1. The number of ether oxygens (including phenoxy) is 1. The fourth-order valence-corrected chi connectivity index (χ4v) is 2.84. The zero-order chi connectivity index (χ0) is 23.8. The number of carbonyl (C=O) groups is 3. The van der Waals surface area contributed by atoms with Crippen molar-refractivity contribution in [3.63, 3.8) is 0 Å². The van der Waals surface area contributed by atoms with Crippen LogP contribution in [0.3, 0.4) is 0 Å². The lowest BCUT2D eigenvalue weighted by Crippen LogP contribution is -2.45. The predicted molar refractivity (Wildman–Crippen MR) is 115 cm³/mol. The van der Waals surface area contributed by atoms with Crippen LogP contribution < -0.4 is 15.8 Å². The number of esters is 1. The number of aliphatic carboxylic acids is 1. The number of amides is 1. The third kappa shape index (κ3) is 7.41. The molecule has 2 atom stereocenters. The van der Waals surface area contributed by atoms with E-state index in [1.165, 1.54) is 36.4 Å². The number of carboxylic acid groups (broad SMARTS) is 1. The lowest BCUT2D eigenvalue weighted by atomic mass is 10.1. The van der Waals surface area contributed by atoms with Crippen LogP contribution in [0.5, 0.6) is 5.75 Å². The quantitative estimate of drug-likeness (QED) is 0.0609. The van der Waals surface area contributed by atoms with Gasteiger partial charge in [-0.3, -0.25) is 10.2 Å². The second kappa shape index (κ2) is 11.3. The van der Waals surface area contributed by atoms with Crippen LogP contribution in [0.1, 0.15) is 34.7 Å². The molecule has 0 aliphatic carbocycles. The Morgan fingerprint density at radius 1 is 1.12 bits per heavy atom. The first kappa shape index (κ1) is 24.9. The highest BCUT2D eigenvalue weighted by Gasteiger charge is 2.25. The van der Waals surface area contributed by atoms with Gasteiger partial charge in [0.2, 0.25) is 11.7 Å². The summed E-state index contributed by atoms with van der Waals surface area (Å²) in [7, 11) is 0. The minimum atomic E-state index is -1.69. The molecule has 0 fully saturated rings. The summed E-state index contributed by atoms with van der Waals surface area (Å²) in [4.78, 5) is 35.7. The molecule has 2 aromatic rings. The minimum absolute atomic E-state index is 0.0372. The molecule has 1 aromatic carbocycles. The fraction of sp³-hybridized carbons (Fsp3) is 0.300. The standard InChI is InChI=1S/C20H23N3O8S/c21-17(22)10-1-3-11(4-2-10)31-20(29)14-7-5-12(30-14)9-15(32)18(26)23-13(19(27)28)6-8-16(24)25/h1-5,7,13,15-16,24-25,32H,6,8-9H2,(H3,21,22)(H,23,26)(H,27,28)/t13-,15?/m1/s1. The molecular formula is C20H23N3O8S. The Morgan fingerprint density at radius 2 is 1.78 bits per heavy atom. The smallest absolute Gasteiger partial charge is 0.379 e. The molecule has 1 amide bonds. The van der Waals surface area contributed by atoms with Crippen molar-refractivity contribution < 1.29 is 38.9 Å². The van der Waals surface area contributed by atoms with E-state index < -0.39 is 35.4 Å². The van der Waals surface area contributed by atoms with E-state index in [4.69, 9.17) is 35.6 Å². The van der Waals surface area contributed by atoms with E-state index in [0.29, 0.717) is 5.56 Å². The minimum Gasteiger partial charge on any atom is -0.480 e. The number of nitrogens with one attached hydrogen (secondary N) is 2. The molecule has 0 saturated heterocycles. The molecule has 0 bridgehead atoms. The number of hydrogen-bond donors (Lipinski definition) is 7. The summed E-state index contributed by atoms with van der Waals surface area (Å²) in [5.41, 5.74) is 5.84. The topological polar surface area (TPSA) is 196 Å². The van der Waals surface area contributed by atoms with Crippen molar-refractivity contribution in [2.45, 2.75) is 36.8 Å². The summed E-state index contributed by atoms with van der Waals surface area (Å²) in [5.74, 6) is -2.56. The fourth-order valence-electron chi connectivity index (χ4n) is 2.58. The molecule has 11 nitrogen and oxygen atoms in total. The summed E-state index contributed by atoms with van der Waals surface area (Å²) in [6.07, 6.45) is -2.13. The molecule has 1 unspecified atom stereocenters. The van der Waals surface area contributed by atoms with Gasteiger partial charge >= 0.3 is 11.9 Å². The maximum atomic E-state index is 12.2. The van der Waals surface area contributed by atoms with Gasteiger partial charge in [-0.2, -0.15) is 12.6 Å². The van der Waals surface area contributed by atoms with Gasteiger partial charge in [0.05, 0.1) is 5.25 Å². The molecule has 1 aromatic heterocycles. The summed E-state index contributed by atoms with van der Waals surface area (Å²) in [6.45, 7) is 0. The lowest BCUT2D eigenvalue weighted by Gasteiger charge is -2.17. The molecule has 0 aliphatic rings. The first-order valence-corrected chi connectivity index (χ1v) is 9.91. The predicted octanol–water partition coefficient (Wildman–Crippen LogP) is 0.284. The molecule has 172 valence electrons. The number of nitrogen functional groups attached to an aromatic ring is 1. The number of aliphatic hydroxyl groups is 2. The van der Waals surface area contributed by atoms with Crippen molar-refractivity contribution in [3.05, 3.63) is 53.5 Å². The lowest BCUT2D eigenvalue weighted by molar-refractivity contribution is -0.142. The summed E-state index contributed by atoms with van der Waals surface area (Å²) < 4.78 is 10.6. The number of aliphatic hydroxyl groups excluding tert-OH is 1. The highest BCUT2D eigenvalue weighted by Crippen LogP contribution is 2.17. The Kier molecular flexibility index (Phi) is 8.81. The Balaban J connectivity index is 1.93. The van der Waals surface area contributed by atoms with E-state index in [2.05, 4.69) is 17.9 Å². The van der Waals surface area contributed by atoms with Crippen LogP contribution in [0.4, 0.5) is 0 Å². The van der Waals surface area contributed by atoms with Crippen LogP contribution in [0.15, 0.2) is 40.8 Å². The number of furan rings is 1. The largest absolute Gasteiger partial charge is 0.480 e. The average molecular weight is 465 g/mol. The normalized spacial score (nSPS) is 12.8. The van der Waals surface area contributed by atoms with E-state index in [0.717, 1.165) is 0 Å².